The number of nitrogens with two attached hydrogens (primary N) is 1. The molecular formula is C18H24N4. The highest BCUT2D eigenvalue weighted by Crippen LogP contribution is 2.35. The lowest BCUT2D eigenvalue weighted by atomic mass is 10.0. The molecule has 4 nitrogen and oxygen atoms in total. The number of anilines is 2. The normalized spacial score (nSPS) is 19.6. The molecule has 4 heteroatoms. The van der Waals surface area contributed by atoms with Gasteiger partial charge in [-0.15, -0.1) is 0 Å². The third-order valence-electron chi connectivity index (χ3n) is 4.88. The van der Waals surface area contributed by atoms with Gasteiger partial charge in [0.1, 0.15) is 5.82 Å². The number of piperidine rings is 1. The van der Waals surface area contributed by atoms with Crippen LogP contribution in [0.2, 0.25) is 0 Å². The first-order valence-corrected chi connectivity index (χ1v) is 8.38. The number of rotatable bonds is 3. The van der Waals surface area contributed by atoms with E-state index in [9.17, 15) is 0 Å². The molecule has 1 aromatic carbocycles. The van der Waals surface area contributed by atoms with E-state index < -0.39 is 0 Å². The van der Waals surface area contributed by atoms with Crippen molar-refractivity contribution in [3.63, 3.8) is 0 Å². The van der Waals surface area contributed by atoms with E-state index in [2.05, 4.69) is 35.3 Å². The van der Waals surface area contributed by atoms with Gasteiger partial charge < -0.3 is 16.0 Å². The molecule has 0 amide bonds. The van der Waals surface area contributed by atoms with Crippen LogP contribution in [0.5, 0.6) is 0 Å². The molecule has 0 radical (unpaired) electrons. The second-order valence-corrected chi connectivity index (χ2v) is 6.74. The van der Waals surface area contributed by atoms with Crippen molar-refractivity contribution in [1.82, 2.24) is 4.98 Å². The van der Waals surface area contributed by atoms with Crippen LogP contribution < -0.4 is 16.0 Å². The number of nitrogens with one attached hydrogen (secondary N) is 1. The van der Waals surface area contributed by atoms with Crippen LogP contribution in [0.4, 0.5) is 11.5 Å². The molecular weight excluding hydrogens is 272 g/mol. The number of nitrogens with zero attached hydrogens (tertiary/aromatic N) is 2. The highest BCUT2D eigenvalue weighted by molar-refractivity contribution is 6.02. The fourth-order valence-electron chi connectivity index (χ4n) is 3.36. The Morgan fingerprint density at radius 3 is 2.68 bits per heavy atom. The largest absolute Gasteiger partial charge is 0.381 e. The summed E-state index contributed by atoms with van der Waals surface area (Å²) in [4.78, 5) is 7.22. The SMILES string of the molecule is Cc1cccc2c(NC3CC3)cnc(N3CCC(N)CC3)c12. The van der Waals surface area contributed by atoms with Gasteiger partial charge in [0, 0.05) is 35.9 Å². The molecule has 0 unspecified atom stereocenters. The van der Waals surface area contributed by atoms with Crippen molar-refractivity contribution in [3.8, 4) is 0 Å². The van der Waals surface area contributed by atoms with Crippen LogP contribution in [0.15, 0.2) is 24.4 Å². The molecule has 116 valence electrons. The summed E-state index contributed by atoms with van der Waals surface area (Å²) >= 11 is 0. The average Bonchev–Trinajstić information content (AvgIpc) is 3.33. The minimum absolute atomic E-state index is 0.347. The zero-order chi connectivity index (χ0) is 15.1. The van der Waals surface area contributed by atoms with E-state index >= 15 is 0 Å². The molecule has 0 bridgehead atoms. The summed E-state index contributed by atoms with van der Waals surface area (Å²) < 4.78 is 0. The van der Waals surface area contributed by atoms with E-state index in [1.807, 2.05) is 6.20 Å². The number of hydrogen-bond acceptors (Lipinski definition) is 4. The summed E-state index contributed by atoms with van der Waals surface area (Å²) in [6.45, 7) is 4.20. The second-order valence-electron chi connectivity index (χ2n) is 6.74. The maximum Gasteiger partial charge on any atom is 0.136 e. The van der Waals surface area contributed by atoms with E-state index in [0.717, 1.165) is 31.7 Å². The quantitative estimate of drug-likeness (QED) is 0.914. The van der Waals surface area contributed by atoms with E-state index in [-0.39, 0.29) is 0 Å². The lowest BCUT2D eigenvalue weighted by molar-refractivity contribution is 0.499. The predicted molar refractivity (Wildman–Crippen MR) is 92.5 cm³/mol. The van der Waals surface area contributed by atoms with Gasteiger partial charge in [-0.3, -0.25) is 0 Å². The molecule has 1 aliphatic carbocycles. The summed E-state index contributed by atoms with van der Waals surface area (Å²) in [5, 5.41) is 6.22. The van der Waals surface area contributed by atoms with Gasteiger partial charge in [-0.2, -0.15) is 0 Å². The zero-order valence-electron chi connectivity index (χ0n) is 13.2. The van der Waals surface area contributed by atoms with Gasteiger partial charge in [0.2, 0.25) is 0 Å². The number of pyridine rings is 1. The van der Waals surface area contributed by atoms with E-state index in [1.54, 1.807) is 0 Å². The molecule has 1 aliphatic heterocycles. The standard InChI is InChI=1S/C18H24N4/c1-12-3-2-4-15-16(21-14-5-6-14)11-20-18(17(12)15)22-9-7-13(19)8-10-22/h2-4,11,13-14,21H,5-10,19H2,1H3. The fraction of sp³-hybridized carbons (Fsp3) is 0.500. The van der Waals surface area contributed by atoms with Gasteiger partial charge >= 0.3 is 0 Å². The molecule has 2 aromatic rings. The Kier molecular flexibility index (Phi) is 3.41. The molecule has 4 rings (SSSR count). The maximum absolute atomic E-state index is 6.05. The van der Waals surface area contributed by atoms with Gasteiger partial charge in [-0.25, -0.2) is 4.98 Å². The average molecular weight is 296 g/mol. The van der Waals surface area contributed by atoms with Crippen molar-refractivity contribution < 1.29 is 0 Å². The predicted octanol–water partition coefficient (Wildman–Crippen LogP) is 3.05. The van der Waals surface area contributed by atoms with Crippen molar-refractivity contribution in [3.05, 3.63) is 30.0 Å². The van der Waals surface area contributed by atoms with Gasteiger partial charge in [-0.05, 0) is 38.2 Å². The van der Waals surface area contributed by atoms with Crippen LogP contribution in [-0.4, -0.2) is 30.2 Å². The van der Waals surface area contributed by atoms with Crippen molar-refractivity contribution >= 4 is 22.3 Å². The lowest BCUT2D eigenvalue weighted by Crippen LogP contribution is -2.40. The monoisotopic (exact) mass is 296 g/mol. The minimum Gasteiger partial charge on any atom is -0.381 e. The highest BCUT2D eigenvalue weighted by atomic mass is 15.2. The van der Waals surface area contributed by atoms with Gasteiger partial charge in [0.05, 0.1) is 11.9 Å². The summed E-state index contributed by atoms with van der Waals surface area (Å²) in [7, 11) is 0. The number of hydrogen-bond donors (Lipinski definition) is 2. The molecule has 2 heterocycles. The second kappa shape index (κ2) is 5.43. The Morgan fingerprint density at radius 2 is 1.95 bits per heavy atom. The number of benzene rings is 1. The zero-order valence-corrected chi connectivity index (χ0v) is 13.2. The van der Waals surface area contributed by atoms with E-state index in [1.165, 1.54) is 34.9 Å². The van der Waals surface area contributed by atoms with Crippen LogP contribution in [0.3, 0.4) is 0 Å². The molecule has 2 fully saturated rings. The van der Waals surface area contributed by atoms with E-state index in [0.29, 0.717) is 12.1 Å². The Bertz CT molecular complexity index is 685. The fourth-order valence-corrected chi connectivity index (χ4v) is 3.36. The number of fused-ring (bicyclic) bond motifs is 1. The van der Waals surface area contributed by atoms with Crippen molar-refractivity contribution in [2.75, 3.05) is 23.3 Å². The first-order chi connectivity index (χ1) is 10.7. The Morgan fingerprint density at radius 1 is 1.18 bits per heavy atom. The van der Waals surface area contributed by atoms with Crippen molar-refractivity contribution in [2.45, 2.75) is 44.7 Å². The summed E-state index contributed by atoms with van der Waals surface area (Å²) in [6.07, 6.45) is 6.68. The van der Waals surface area contributed by atoms with Crippen LogP contribution in [0.25, 0.3) is 10.8 Å². The van der Waals surface area contributed by atoms with E-state index in [4.69, 9.17) is 10.7 Å². The van der Waals surface area contributed by atoms with Gasteiger partial charge in [0.25, 0.3) is 0 Å². The molecule has 0 spiro atoms. The molecule has 1 aromatic heterocycles. The molecule has 0 atom stereocenters. The first-order valence-electron chi connectivity index (χ1n) is 8.38. The van der Waals surface area contributed by atoms with Gasteiger partial charge in [0.15, 0.2) is 0 Å². The summed E-state index contributed by atoms with van der Waals surface area (Å²) in [5.74, 6) is 1.13. The molecule has 1 saturated carbocycles. The Hall–Kier alpha value is -1.81. The lowest BCUT2D eigenvalue weighted by Gasteiger charge is -2.32. The smallest absolute Gasteiger partial charge is 0.136 e. The summed E-state index contributed by atoms with van der Waals surface area (Å²) in [5.41, 5.74) is 8.53. The molecule has 3 N–H and O–H groups in total. The molecule has 2 aliphatic rings. The Labute approximate surface area is 131 Å². The van der Waals surface area contributed by atoms with Crippen LogP contribution in [-0.2, 0) is 0 Å². The van der Waals surface area contributed by atoms with Crippen molar-refractivity contribution in [2.24, 2.45) is 5.73 Å². The van der Waals surface area contributed by atoms with Crippen LogP contribution in [0, 0.1) is 6.92 Å². The number of aryl methyl sites for hydroxylation is 1. The summed E-state index contributed by atoms with van der Waals surface area (Å²) in [6, 6.07) is 7.53. The third kappa shape index (κ3) is 2.52. The minimum atomic E-state index is 0.347. The Balaban J connectivity index is 1.78. The maximum atomic E-state index is 6.05. The highest BCUT2D eigenvalue weighted by Gasteiger charge is 2.24. The van der Waals surface area contributed by atoms with Crippen LogP contribution >= 0.6 is 0 Å². The first kappa shape index (κ1) is 13.8. The molecule has 1 saturated heterocycles. The third-order valence-corrected chi connectivity index (χ3v) is 4.88. The van der Waals surface area contributed by atoms with Crippen molar-refractivity contribution in [1.29, 1.82) is 0 Å². The van der Waals surface area contributed by atoms with Crippen LogP contribution in [0.1, 0.15) is 31.2 Å². The van der Waals surface area contributed by atoms with Gasteiger partial charge in [-0.1, -0.05) is 18.2 Å². The number of aromatic nitrogens is 1. The molecule has 22 heavy (non-hydrogen) atoms. The topological polar surface area (TPSA) is 54.2 Å².